The number of nitriles is 1. The van der Waals surface area contributed by atoms with Gasteiger partial charge in [0.1, 0.15) is 18.1 Å². The van der Waals surface area contributed by atoms with Crippen LogP contribution in [0.5, 0.6) is 0 Å². The molecule has 3 saturated heterocycles. The average molecular weight is 522 g/mol. The van der Waals surface area contributed by atoms with Crippen molar-refractivity contribution in [1.82, 2.24) is 15.5 Å². The van der Waals surface area contributed by atoms with Crippen molar-refractivity contribution in [2.24, 2.45) is 11.8 Å². The fourth-order valence-corrected chi connectivity index (χ4v) is 5.87. The Morgan fingerprint density at radius 2 is 2.11 bits per heavy atom. The summed E-state index contributed by atoms with van der Waals surface area (Å²) in [5, 5.41) is 18.4. The van der Waals surface area contributed by atoms with Crippen molar-refractivity contribution in [3.8, 4) is 6.07 Å². The van der Waals surface area contributed by atoms with Crippen LogP contribution in [0.15, 0.2) is 24.3 Å². The molecule has 5 rings (SSSR count). The summed E-state index contributed by atoms with van der Waals surface area (Å²) >= 11 is 6.02. The number of amides is 3. The third kappa shape index (κ3) is 5.41. The summed E-state index contributed by atoms with van der Waals surface area (Å²) in [5.41, 5.74) is 0.590. The minimum Gasteiger partial charge on any atom is -0.374 e. The van der Waals surface area contributed by atoms with Crippen LogP contribution in [0.4, 0.5) is 14.5 Å². The van der Waals surface area contributed by atoms with E-state index in [1.807, 2.05) is 6.07 Å². The molecule has 4 aliphatic rings. The molecule has 1 aliphatic carbocycles. The molecule has 3 N–H and O–H groups in total. The van der Waals surface area contributed by atoms with E-state index in [9.17, 15) is 28.4 Å². The molecule has 3 amide bonds. The topological polar surface area (TPSA) is 114 Å². The lowest BCUT2D eigenvalue weighted by atomic mass is 9.71. The smallest absolute Gasteiger partial charge is 0.255 e. The zero-order valence-electron chi connectivity index (χ0n) is 20.0. The monoisotopic (exact) mass is 521 g/mol. The normalized spacial score (nSPS) is 28.4. The Morgan fingerprint density at radius 3 is 2.78 bits per heavy atom. The number of hydrogen-bond acceptors (Lipinski definition) is 5. The zero-order chi connectivity index (χ0) is 26.0. The van der Waals surface area contributed by atoms with E-state index in [-0.39, 0.29) is 18.7 Å². The van der Waals surface area contributed by atoms with Crippen molar-refractivity contribution >= 4 is 35.0 Å². The maximum atomic E-state index is 14.9. The zero-order valence-corrected chi connectivity index (χ0v) is 20.7. The Hall–Kier alpha value is -2.93. The molecule has 36 heavy (non-hydrogen) atoms. The lowest BCUT2D eigenvalue weighted by Crippen LogP contribution is -2.70. The lowest BCUT2D eigenvalue weighted by Gasteiger charge is -2.54. The number of carbonyl (C=O) groups is 3. The van der Waals surface area contributed by atoms with E-state index in [0.717, 1.165) is 6.42 Å². The van der Waals surface area contributed by atoms with Gasteiger partial charge in [-0.3, -0.25) is 14.4 Å². The summed E-state index contributed by atoms with van der Waals surface area (Å²) in [6.45, 7) is 2.18. The number of alkyl halides is 2. The Labute approximate surface area is 213 Å². The number of hydrogen-bond donors (Lipinski definition) is 3. The summed E-state index contributed by atoms with van der Waals surface area (Å²) in [6.07, 6.45) is 1.43. The summed E-state index contributed by atoms with van der Waals surface area (Å²) in [5.74, 6) is -6.32. The minimum atomic E-state index is -3.10. The van der Waals surface area contributed by atoms with Crippen molar-refractivity contribution in [1.29, 1.82) is 5.26 Å². The van der Waals surface area contributed by atoms with Crippen molar-refractivity contribution in [3.05, 3.63) is 29.3 Å². The molecule has 0 radical (unpaired) electrons. The van der Waals surface area contributed by atoms with Gasteiger partial charge in [-0.25, -0.2) is 8.78 Å². The van der Waals surface area contributed by atoms with Crippen molar-refractivity contribution in [3.63, 3.8) is 0 Å². The number of fused-ring (bicyclic) bond motifs is 3. The molecule has 2 bridgehead atoms. The molecule has 0 spiro atoms. The molecule has 1 aromatic carbocycles. The van der Waals surface area contributed by atoms with Gasteiger partial charge in [0.2, 0.25) is 17.7 Å². The number of carbonyl (C=O) groups excluding carboxylic acids is 3. The third-order valence-electron chi connectivity index (χ3n) is 7.43. The second-order valence-electron chi connectivity index (χ2n) is 9.93. The first-order chi connectivity index (χ1) is 17.1. The van der Waals surface area contributed by atoms with Gasteiger partial charge in [-0.1, -0.05) is 17.7 Å². The van der Waals surface area contributed by atoms with Gasteiger partial charge in [0.15, 0.2) is 0 Å². The number of rotatable bonds is 7. The van der Waals surface area contributed by atoms with Crippen LogP contribution in [-0.4, -0.2) is 59.3 Å². The second kappa shape index (κ2) is 10.6. The van der Waals surface area contributed by atoms with Gasteiger partial charge < -0.3 is 20.9 Å². The van der Waals surface area contributed by atoms with Gasteiger partial charge in [0.05, 0.1) is 12.0 Å². The van der Waals surface area contributed by atoms with Crippen molar-refractivity contribution in [2.75, 3.05) is 11.9 Å². The molecule has 194 valence electrons. The van der Waals surface area contributed by atoms with Crippen LogP contribution in [0.3, 0.4) is 0 Å². The predicted octanol–water partition coefficient (Wildman–Crippen LogP) is 3.08. The van der Waals surface area contributed by atoms with Gasteiger partial charge in [-0.2, -0.15) is 5.26 Å². The van der Waals surface area contributed by atoms with Crippen molar-refractivity contribution in [2.45, 2.75) is 75.5 Å². The summed E-state index contributed by atoms with van der Waals surface area (Å²) in [7, 11) is 0. The van der Waals surface area contributed by atoms with Crippen LogP contribution >= 0.6 is 11.6 Å². The largest absolute Gasteiger partial charge is 0.374 e. The Bertz CT molecular complexity index is 1060. The SMILES string of the molecule is C[C@H](Nc1cccc(Cl)c1)C(=O)N1C2CCC(C1C(=O)NC(C#N)CC1CCCNC1=O)C(F)(F)C2. The van der Waals surface area contributed by atoms with Gasteiger partial charge in [0, 0.05) is 35.6 Å². The first kappa shape index (κ1) is 26.1. The van der Waals surface area contributed by atoms with Crippen molar-refractivity contribution < 1.29 is 23.2 Å². The Kier molecular flexibility index (Phi) is 7.69. The van der Waals surface area contributed by atoms with Crippen LogP contribution in [0, 0.1) is 23.2 Å². The first-order valence-electron chi connectivity index (χ1n) is 12.3. The molecule has 1 aromatic rings. The number of benzene rings is 1. The van der Waals surface area contributed by atoms with Crippen LogP contribution in [0.2, 0.25) is 5.02 Å². The summed E-state index contributed by atoms with van der Waals surface area (Å²) < 4.78 is 29.8. The van der Waals surface area contributed by atoms with Crippen LogP contribution < -0.4 is 16.0 Å². The van der Waals surface area contributed by atoms with E-state index in [2.05, 4.69) is 16.0 Å². The van der Waals surface area contributed by atoms with Crippen LogP contribution in [0.1, 0.15) is 45.4 Å². The van der Waals surface area contributed by atoms with E-state index in [1.165, 1.54) is 4.90 Å². The van der Waals surface area contributed by atoms with Gasteiger partial charge in [-0.05, 0) is 57.2 Å². The van der Waals surface area contributed by atoms with E-state index in [1.54, 1.807) is 31.2 Å². The molecule has 11 heteroatoms. The van der Waals surface area contributed by atoms with E-state index >= 15 is 0 Å². The van der Waals surface area contributed by atoms with Gasteiger partial charge in [0.25, 0.3) is 5.92 Å². The van der Waals surface area contributed by atoms with E-state index < -0.39 is 60.2 Å². The van der Waals surface area contributed by atoms with Crippen LogP contribution in [-0.2, 0) is 14.4 Å². The fraction of sp³-hybridized carbons (Fsp3) is 0.600. The lowest BCUT2D eigenvalue weighted by molar-refractivity contribution is -0.194. The average Bonchev–Trinajstić information content (AvgIpc) is 2.83. The number of piperidine rings is 3. The molecule has 4 fully saturated rings. The molecule has 3 aliphatic heterocycles. The highest BCUT2D eigenvalue weighted by atomic mass is 35.5. The number of nitrogens with zero attached hydrogens (tertiary/aromatic N) is 2. The van der Waals surface area contributed by atoms with Gasteiger partial charge >= 0.3 is 0 Å². The summed E-state index contributed by atoms with van der Waals surface area (Å²) in [4.78, 5) is 40.3. The van der Waals surface area contributed by atoms with E-state index in [4.69, 9.17) is 11.6 Å². The van der Waals surface area contributed by atoms with Crippen LogP contribution in [0.25, 0.3) is 0 Å². The van der Waals surface area contributed by atoms with E-state index in [0.29, 0.717) is 30.1 Å². The molecule has 5 unspecified atom stereocenters. The Balaban J connectivity index is 1.52. The predicted molar refractivity (Wildman–Crippen MR) is 129 cm³/mol. The highest BCUT2D eigenvalue weighted by Crippen LogP contribution is 2.49. The molecule has 8 nitrogen and oxygen atoms in total. The third-order valence-corrected chi connectivity index (χ3v) is 7.66. The molecule has 0 aromatic heterocycles. The fourth-order valence-electron chi connectivity index (χ4n) is 5.68. The first-order valence-corrected chi connectivity index (χ1v) is 12.7. The number of nitrogens with one attached hydrogen (secondary N) is 3. The number of halogens is 3. The molecule has 3 heterocycles. The standard InChI is InChI=1S/C25H30ClF2N5O3/c1-14(31-17-6-2-5-16(26)11-17)24(36)33-19-7-8-20(25(27,28)12-19)21(33)23(35)32-18(13-29)10-15-4-3-9-30-22(15)34/h2,5-6,11,14-15,18-21,31H,3-4,7-10,12H2,1H3,(H,30,34)(H,32,35)/t14-,15?,18?,19?,20?,21?/m0/s1. The maximum absolute atomic E-state index is 14.9. The highest BCUT2D eigenvalue weighted by Gasteiger charge is 2.60. The second-order valence-corrected chi connectivity index (χ2v) is 10.4. The summed E-state index contributed by atoms with van der Waals surface area (Å²) in [6, 6.07) is 4.74. The number of anilines is 1. The molecular formula is C25H30ClF2N5O3. The maximum Gasteiger partial charge on any atom is 0.255 e. The minimum absolute atomic E-state index is 0.0892. The molecular weight excluding hydrogens is 492 g/mol. The Morgan fingerprint density at radius 1 is 1.33 bits per heavy atom. The highest BCUT2D eigenvalue weighted by molar-refractivity contribution is 6.30. The molecule has 1 saturated carbocycles. The molecule has 6 atom stereocenters. The van der Waals surface area contributed by atoms with Gasteiger partial charge in [-0.15, -0.1) is 0 Å². The quantitative estimate of drug-likeness (QED) is 0.510.